The standard InChI is InChI=1S/C78H125N11O16/c1-25-27-32-48(14)66(91)65(71(96)83-62(52(18)90)77(102)103)89(24)76(101)63(46(11)12)87(22)75(100)59(38-43(5)6)81-69(94)61(40-45(9)10)85(20)72(97)50(16)80-67(92)49(15)79-68(93)60(39-44(7)8)86(21)74(99)58(37-42(3)4)82-70(95)64(47(13)26-2)88(23)73(98)51(17)84(19)78(104)105-41-57-55-35-30-28-33-53(55)54-34-29-31-36-56(54)57/h25,27-31,33-36,42-52,57-66,90-91H,26,32,37-41H2,1-24H3,(H,79,93)(H,80,92)(H,81,94)(H,82,95)(H,83,96)(H,102,103)/t47?,48-,49+,50-,51-,52-,58+,59+,60+,61+,62+,63+,64+,65+,66-/m1/s1. The van der Waals surface area contributed by atoms with Crippen LogP contribution in [0.1, 0.15) is 180 Å². The number of fused-ring (bicyclic) bond motifs is 3. The number of hydrogen-bond donors (Lipinski definition) is 8. The van der Waals surface area contributed by atoms with Gasteiger partial charge in [-0.1, -0.05) is 157 Å². The van der Waals surface area contributed by atoms with Crippen molar-refractivity contribution in [1.82, 2.24) is 56.0 Å². The van der Waals surface area contributed by atoms with Gasteiger partial charge in [-0.15, -0.1) is 0 Å². The summed E-state index contributed by atoms with van der Waals surface area (Å²) in [4.78, 5) is 178. The third-order valence-corrected chi connectivity index (χ3v) is 19.9. The molecule has 588 valence electrons. The number of aliphatic hydroxyl groups is 2. The monoisotopic (exact) mass is 1470 g/mol. The number of allylic oxidation sites excluding steroid dienone is 2. The maximum absolute atomic E-state index is 14.8. The summed E-state index contributed by atoms with van der Waals surface area (Å²) in [5.41, 5.74) is 4.18. The summed E-state index contributed by atoms with van der Waals surface area (Å²) in [5, 5.41) is 45.1. The highest BCUT2D eigenvalue weighted by Crippen LogP contribution is 2.44. The number of likely N-dealkylation sites (N-methyl/N-ethyl adjacent to an activating group) is 6. The Kier molecular flexibility index (Phi) is 35.8. The zero-order chi connectivity index (χ0) is 80.1. The molecule has 1 aliphatic rings. The van der Waals surface area contributed by atoms with E-state index in [2.05, 4.69) is 26.6 Å². The molecule has 0 spiro atoms. The zero-order valence-corrected chi connectivity index (χ0v) is 66.7. The second-order valence-electron chi connectivity index (χ2n) is 30.8. The molecule has 0 aromatic heterocycles. The van der Waals surface area contributed by atoms with Gasteiger partial charge in [0.1, 0.15) is 67.0 Å². The van der Waals surface area contributed by atoms with Crippen molar-refractivity contribution in [2.24, 2.45) is 41.4 Å². The number of carboxylic acid groups (broad SMARTS) is 1. The molecule has 1 unspecified atom stereocenters. The number of carbonyl (C=O) groups excluding carboxylic acids is 11. The van der Waals surface area contributed by atoms with Gasteiger partial charge in [0, 0.05) is 48.2 Å². The van der Waals surface area contributed by atoms with Gasteiger partial charge in [-0.2, -0.15) is 0 Å². The maximum Gasteiger partial charge on any atom is 0.410 e. The first kappa shape index (κ1) is 90.8. The molecule has 27 nitrogen and oxygen atoms in total. The Labute approximate surface area is 623 Å². The second kappa shape index (κ2) is 41.4. The number of aliphatic hydroxyl groups excluding tert-OH is 2. The Balaban J connectivity index is 1.83. The fourth-order valence-electron chi connectivity index (χ4n) is 13.4. The van der Waals surface area contributed by atoms with Crippen LogP contribution in [-0.2, 0) is 57.5 Å². The van der Waals surface area contributed by atoms with Crippen molar-refractivity contribution in [3.63, 3.8) is 0 Å². The Bertz CT molecular complexity index is 3290. The molecule has 8 N–H and O–H groups in total. The Morgan fingerprint density at radius 3 is 1.33 bits per heavy atom. The first-order valence-corrected chi connectivity index (χ1v) is 37.0. The van der Waals surface area contributed by atoms with Crippen LogP contribution in [0.5, 0.6) is 0 Å². The molecular formula is C78H125N11O16. The van der Waals surface area contributed by atoms with Gasteiger partial charge in [-0.3, -0.25) is 52.8 Å². The van der Waals surface area contributed by atoms with Crippen LogP contribution in [0.3, 0.4) is 0 Å². The molecule has 0 saturated carbocycles. The smallest absolute Gasteiger partial charge is 0.410 e. The van der Waals surface area contributed by atoms with E-state index in [9.17, 15) is 72.9 Å². The highest BCUT2D eigenvalue weighted by atomic mass is 16.6. The third kappa shape index (κ3) is 24.5. The van der Waals surface area contributed by atoms with Gasteiger partial charge >= 0.3 is 12.1 Å². The molecule has 0 saturated heterocycles. The fourth-order valence-corrected chi connectivity index (χ4v) is 13.4. The highest BCUT2D eigenvalue weighted by Gasteiger charge is 2.46. The first-order chi connectivity index (χ1) is 48.9. The normalized spacial score (nSPS) is 16.4. The van der Waals surface area contributed by atoms with E-state index >= 15 is 0 Å². The molecule has 105 heavy (non-hydrogen) atoms. The number of hydrogen-bond acceptors (Lipinski definition) is 15. The van der Waals surface area contributed by atoms with E-state index in [-0.39, 0.29) is 68.3 Å². The molecule has 0 radical (unpaired) electrons. The van der Waals surface area contributed by atoms with Gasteiger partial charge in [0.15, 0.2) is 6.04 Å². The van der Waals surface area contributed by atoms with Gasteiger partial charge in [-0.05, 0) is 130 Å². The summed E-state index contributed by atoms with van der Waals surface area (Å²) in [5.74, 6) is -11.4. The van der Waals surface area contributed by atoms with Gasteiger partial charge in [0.2, 0.25) is 59.1 Å². The Morgan fingerprint density at radius 2 is 0.886 bits per heavy atom. The van der Waals surface area contributed by atoms with Crippen LogP contribution in [0.2, 0.25) is 0 Å². The van der Waals surface area contributed by atoms with Crippen LogP contribution in [0.15, 0.2) is 60.7 Å². The minimum absolute atomic E-state index is 0.0325. The lowest BCUT2D eigenvalue weighted by molar-refractivity contribution is -0.155. The van der Waals surface area contributed by atoms with Crippen molar-refractivity contribution in [2.75, 3.05) is 48.9 Å². The van der Waals surface area contributed by atoms with E-state index < -0.39 is 168 Å². The molecule has 15 atom stereocenters. The number of ether oxygens (including phenoxy) is 1. The largest absolute Gasteiger partial charge is 0.480 e. The van der Waals surface area contributed by atoms with Crippen LogP contribution >= 0.6 is 0 Å². The number of aliphatic carboxylic acids is 1. The Morgan fingerprint density at radius 1 is 0.467 bits per heavy atom. The van der Waals surface area contributed by atoms with E-state index in [0.717, 1.165) is 39.0 Å². The summed E-state index contributed by atoms with van der Waals surface area (Å²) in [6, 6.07) is 1.50. The number of nitrogens with zero attached hydrogens (tertiary/aromatic N) is 6. The van der Waals surface area contributed by atoms with Crippen LogP contribution in [0.25, 0.3) is 11.1 Å². The number of carbonyl (C=O) groups is 12. The molecule has 11 amide bonds. The molecule has 0 aliphatic heterocycles. The molecule has 27 heteroatoms. The molecule has 0 heterocycles. The zero-order valence-electron chi connectivity index (χ0n) is 66.7. The van der Waals surface area contributed by atoms with Gasteiger partial charge < -0.3 is 71.1 Å². The van der Waals surface area contributed by atoms with Crippen molar-refractivity contribution >= 4 is 71.1 Å². The average Bonchev–Trinajstić information content (AvgIpc) is 1.62. The minimum atomic E-state index is -1.79. The van der Waals surface area contributed by atoms with Crippen LogP contribution in [0, 0.1) is 41.4 Å². The molecule has 2 aromatic carbocycles. The Hall–Kier alpha value is -8.46. The predicted molar refractivity (Wildman–Crippen MR) is 402 cm³/mol. The quantitative estimate of drug-likeness (QED) is 0.0346. The SMILES string of the molecule is CC=CC[C@@H](C)[C@@H](O)[C@@H](C(=O)N[C@H](C(=O)O)[C@@H](C)O)N(C)C(=O)[C@H](C(C)C)N(C)C(=O)[C@H](CC(C)C)NC(=O)[C@H](CC(C)C)N(C)C(=O)[C@@H](C)NC(=O)[C@H](C)NC(=O)[C@H](CC(C)C)N(C)C(=O)[C@H](CC(C)C)NC(=O)[C@H](C(C)CC)N(C)C(=O)[C@@H](C)N(C)C(=O)OCC1c2ccccc2-c2ccccc21. The molecular weight excluding hydrogens is 1350 g/mol. The van der Waals surface area contributed by atoms with Crippen LogP contribution in [0.4, 0.5) is 4.79 Å². The van der Waals surface area contributed by atoms with Crippen LogP contribution in [-0.4, -0.2) is 243 Å². The lowest BCUT2D eigenvalue weighted by Gasteiger charge is -2.40. The lowest BCUT2D eigenvalue weighted by atomic mass is 9.91. The highest BCUT2D eigenvalue weighted by molar-refractivity contribution is 5.99. The summed E-state index contributed by atoms with van der Waals surface area (Å²) in [7, 11) is 8.39. The second-order valence-corrected chi connectivity index (χ2v) is 30.8. The molecule has 1 aliphatic carbocycles. The molecule has 2 aromatic rings. The van der Waals surface area contributed by atoms with E-state index in [1.54, 1.807) is 46.8 Å². The summed E-state index contributed by atoms with van der Waals surface area (Å²) >= 11 is 0. The molecule has 0 fully saturated rings. The number of carboxylic acids is 1. The van der Waals surface area contributed by atoms with Gasteiger partial charge in [0.05, 0.1) is 12.2 Å². The van der Waals surface area contributed by atoms with Crippen LogP contribution < -0.4 is 26.6 Å². The number of rotatable bonds is 40. The predicted octanol–water partition coefficient (Wildman–Crippen LogP) is 6.17. The van der Waals surface area contributed by atoms with Crippen molar-refractivity contribution < 1.29 is 77.6 Å². The summed E-state index contributed by atoms with van der Waals surface area (Å²) in [6.45, 7) is 30.7. The van der Waals surface area contributed by atoms with Crippen molar-refractivity contribution in [2.45, 2.75) is 248 Å². The maximum atomic E-state index is 14.8. The average molecular weight is 1470 g/mol. The van der Waals surface area contributed by atoms with E-state index in [0.29, 0.717) is 6.42 Å². The molecule has 3 rings (SSSR count). The van der Waals surface area contributed by atoms with E-state index in [1.807, 2.05) is 118 Å². The third-order valence-electron chi connectivity index (χ3n) is 19.9. The number of benzene rings is 2. The summed E-state index contributed by atoms with van der Waals surface area (Å²) < 4.78 is 5.87. The van der Waals surface area contributed by atoms with Crippen molar-refractivity contribution in [3.8, 4) is 11.1 Å². The summed E-state index contributed by atoms with van der Waals surface area (Å²) in [6.07, 6.45) is 0.830. The fraction of sp³-hybridized carbons (Fsp3) is 0.667. The van der Waals surface area contributed by atoms with Gasteiger partial charge in [-0.25, -0.2) is 9.59 Å². The van der Waals surface area contributed by atoms with Crippen molar-refractivity contribution in [1.29, 1.82) is 0 Å². The van der Waals surface area contributed by atoms with E-state index in [1.165, 1.54) is 75.7 Å². The minimum Gasteiger partial charge on any atom is -0.480 e. The first-order valence-electron chi connectivity index (χ1n) is 37.0. The topological polar surface area (TPSA) is 354 Å². The molecule has 0 bridgehead atoms. The van der Waals surface area contributed by atoms with E-state index in [4.69, 9.17) is 4.74 Å². The lowest BCUT2D eigenvalue weighted by Crippen LogP contribution is -2.63. The van der Waals surface area contributed by atoms with Crippen molar-refractivity contribution in [3.05, 3.63) is 71.8 Å². The number of nitrogens with one attached hydrogen (secondary N) is 5. The number of amides is 11. The van der Waals surface area contributed by atoms with Gasteiger partial charge in [0.25, 0.3) is 0 Å².